The highest BCUT2D eigenvalue weighted by Gasteiger charge is 2.34. The van der Waals surface area contributed by atoms with Gasteiger partial charge in [-0.1, -0.05) is 37.6 Å². The van der Waals surface area contributed by atoms with Crippen molar-refractivity contribution in [3.8, 4) is 6.07 Å². The van der Waals surface area contributed by atoms with E-state index < -0.39 is 23.2 Å². The maximum atomic E-state index is 13.3. The number of halogens is 4. The minimum atomic E-state index is -4.82. The van der Waals surface area contributed by atoms with Crippen molar-refractivity contribution in [2.24, 2.45) is 10.2 Å². The first-order valence-electron chi connectivity index (χ1n) is 10.7. The van der Waals surface area contributed by atoms with Gasteiger partial charge in [-0.05, 0) is 54.7 Å². The van der Waals surface area contributed by atoms with Gasteiger partial charge < -0.3 is 5.73 Å². The summed E-state index contributed by atoms with van der Waals surface area (Å²) in [6.45, 7) is 3.71. The maximum Gasteiger partial charge on any atom is 0.418 e. The highest BCUT2D eigenvalue weighted by molar-refractivity contribution is 5.67. The monoisotopic (exact) mass is 469 g/mol. The number of aryl methyl sites for hydroxylation is 1. The summed E-state index contributed by atoms with van der Waals surface area (Å²) in [6.07, 6.45) is -1.25. The van der Waals surface area contributed by atoms with Gasteiger partial charge in [-0.15, -0.1) is 10.2 Å². The number of alkyl halides is 3. The second-order valence-electron chi connectivity index (χ2n) is 7.86. The normalized spacial score (nSPS) is 11.7. The van der Waals surface area contributed by atoms with Crippen LogP contribution in [0.15, 0.2) is 52.7 Å². The molecule has 3 aromatic rings. The summed E-state index contributed by atoms with van der Waals surface area (Å²) >= 11 is 0. The lowest BCUT2D eigenvalue weighted by atomic mass is 9.99. The zero-order chi connectivity index (χ0) is 24.9. The van der Waals surface area contributed by atoms with Crippen LogP contribution in [-0.2, 0) is 19.0 Å². The molecule has 0 aliphatic carbocycles. The average molecular weight is 469 g/mol. The summed E-state index contributed by atoms with van der Waals surface area (Å²) in [5.41, 5.74) is 7.38. The Morgan fingerprint density at radius 3 is 2.35 bits per heavy atom. The molecular weight excluding hydrogens is 446 g/mol. The molecule has 0 aliphatic rings. The van der Waals surface area contributed by atoms with Crippen LogP contribution < -0.4 is 5.73 Å². The van der Waals surface area contributed by atoms with Crippen LogP contribution in [0.25, 0.3) is 0 Å². The number of hydrogen-bond acceptors (Lipinski definition) is 5. The summed E-state index contributed by atoms with van der Waals surface area (Å²) in [4.78, 5) is 4.29. The quantitative estimate of drug-likeness (QED) is 0.290. The van der Waals surface area contributed by atoms with E-state index in [1.807, 2.05) is 24.3 Å². The fourth-order valence-corrected chi connectivity index (χ4v) is 3.51. The minimum absolute atomic E-state index is 0.00679. The van der Waals surface area contributed by atoms with Crippen molar-refractivity contribution in [2.75, 3.05) is 5.73 Å². The van der Waals surface area contributed by atoms with Crippen molar-refractivity contribution in [2.45, 2.75) is 45.7 Å². The third-order valence-electron chi connectivity index (χ3n) is 5.36. The highest BCUT2D eigenvalue weighted by Crippen LogP contribution is 2.38. The zero-order valence-electron chi connectivity index (χ0n) is 18.7. The predicted octanol–water partition coefficient (Wildman–Crippen LogP) is 7.35. The number of hydrogen-bond donors (Lipinski definition) is 1. The van der Waals surface area contributed by atoms with Crippen molar-refractivity contribution in [1.29, 1.82) is 5.26 Å². The lowest BCUT2D eigenvalue weighted by molar-refractivity contribution is -0.137. The van der Waals surface area contributed by atoms with Crippen LogP contribution in [0.4, 0.5) is 34.8 Å². The molecular formula is C25H23F4N5. The molecule has 1 heterocycles. The number of nitriles is 1. The number of benzene rings is 2. The molecule has 0 aliphatic heterocycles. The van der Waals surface area contributed by atoms with E-state index in [1.165, 1.54) is 5.56 Å². The molecule has 0 atom stereocenters. The lowest BCUT2D eigenvalue weighted by Gasteiger charge is -2.12. The largest absolute Gasteiger partial charge is 0.418 e. The topological polar surface area (TPSA) is 87.4 Å². The van der Waals surface area contributed by atoms with Crippen LogP contribution in [-0.4, -0.2) is 4.98 Å². The van der Waals surface area contributed by atoms with Crippen LogP contribution in [0.1, 0.15) is 53.3 Å². The smallest absolute Gasteiger partial charge is 0.382 e. The molecule has 0 radical (unpaired) electrons. The number of nitrogens with two attached hydrogens (primary N) is 1. The number of unbranched alkanes of at least 4 members (excludes halogenated alkanes) is 1. The van der Waals surface area contributed by atoms with Gasteiger partial charge in [0.15, 0.2) is 5.82 Å². The second-order valence-corrected chi connectivity index (χ2v) is 7.86. The van der Waals surface area contributed by atoms with Crippen molar-refractivity contribution in [1.82, 2.24) is 4.98 Å². The molecule has 3 rings (SSSR count). The van der Waals surface area contributed by atoms with E-state index in [9.17, 15) is 22.8 Å². The number of azo groups is 1. The van der Waals surface area contributed by atoms with E-state index >= 15 is 0 Å². The van der Waals surface area contributed by atoms with Crippen molar-refractivity contribution >= 4 is 17.2 Å². The van der Waals surface area contributed by atoms with Crippen molar-refractivity contribution in [3.05, 3.63) is 81.8 Å². The average Bonchev–Trinajstić information content (AvgIpc) is 2.78. The summed E-state index contributed by atoms with van der Waals surface area (Å²) in [6, 6.07) is 12.2. The highest BCUT2D eigenvalue weighted by atomic mass is 19.4. The molecule has 1 aromatic heterocycles. The Morgan fingerprint density at radius 2 is 1.74 bits per heavy atom. The van der Waals surface area contributed by atoms with Gasteiger partial charge in [-0.3, -0.25) is 0 Å². The number of nitrogens with zero attached hydrogens (tertiary/aromatic N) is 4. The Kier molecular flexibility index (Phi) is 7.61. The first kappa shape index (κ1) is 24.8. The van der Waals surface area contributed by atoms with Gasteiger partial charge >= 0.3 is 6.18 Å². The molecule has 34 heavy (non-hydrogen) atoms. The van der Waals surface area contributed by atoms with Crippen LogP contribution >= 0.6 is 0 Å². The Balaban J connectivity index is 1.93. The first-order valence-corrected chi connectivity index (χ1v) is 10.7. The van der Waals surface area contributed by atoms with E-state index in [0.717, 1.165) is 37.0 Å². The third-order valence-corrected chi connectivity index (χ3v) is 5.36. The third kappa shape index (κ3) is 5.76. The SMILES string of the molecule is CCCCc1ccc(Cc2nc(N)c(N=Nc3ccc(F)cc3C(F)(F)F)c(C)c2C#N)cc1. The van der Waals surface area contributed by atoms with Gasteiger partial charge in [0.1, 0.15) is 17.6 Å². The molecule has 0 saturated carbocycles. The summed E-state index contributed by atoms with van der Waals surface area (Å²) in [7, 11) is 0. The minimum Gasteiger partial charge on any atom is -0.382 e. The molecule has 2 N–H and O–H groups in total. The van der Waals surface area contributed by atoms with Gasteiger partial charge in [-0.2, -0.15) is 18.4 Å². The van der Waals surface area contributed by atoms with E-state index in [-0.39, 0.29) is 17.1 Å². The molecule has 176 valence electrons. The summed E-state index contributed by atoms with van der Waals surface area (Å²) < 4.78 is 53.0. The van der Waals surface area contributed by atoms with Gasteiger partial charge in [0, 0.05) is 6.42 Å². The van der Waals surface area contributed by atoms with Crippen LogP contribution in [0.3, 0.4) is 0 Å². The molecule has 2 aromatic carbocycles. The number of rotatable bonds is 7. The number of nitrogen functional groups attached to an aromatic ring is 1. The fourth-order valence-electron chi connectivity index (χ4n) is 3.51. The predicted molar refractivity (Wildman–Crippen MR) is 122 cm³/mol. The Labute approximate surface area is 195 Å². The van der Waals surface area contributed by atoms with Crippen LogP contribution in [0.2, 0.25) is 0 Å². The van der Waals surface area contributed by atoms with Crippen molar-refractivity contribution < 1.29 is 17.6 Å². The molecule has 0 amide bonds. The molecule has 9 heteroatoms. The molecule has 0 spiro atoms. The van der Waals surface area contributed by atoms with E-state index in [1.54, 1.807) is 6.92 Å². The second kappa shape index (κ2) is 10.4. The molecule has 0 saturated heterocycles. The standard InChI is InChI=1S/C25H23F4N5/c1-3-4-5-16-6-8-17(9-7-16)12-22-19(14-30)15(2)23(24(31)32-22)34-33-21-11-10-18(26)13-20(21)25(27,28)29/h6-11,13H,3-5,12H2,1-2H3,(H2,31,32). The van der Waals surface area contributed by atoms with E-state index in [4.69, 9.17) is 5.73 Å². The fraction of sp³-hybridized carbons (Fsp3) is 0.280. The van der Waals surface area contributed by atoms with Gasteiger partial charge in [0.2, 0.25) is 0 Å². The van der Waals surface area contributed by atoms with E-state index in [0.29, 0.717) is 23.7 Å². The van der Waals surface area contributed by atoms with E-state index in [2.05, 4.69) is 28.2 Å². The number of aromatic nitrogens is 1. The molecule has 5 nitrogen and oxygen atoms in total. The van der Waals surface area contributed by atoms with Crippen LogP contribution in [0, 0.1) is 24.1 Å². The van der Waals surface area contributed by atoms with Gasteiger partial charge in [0.25, 0.3) is 0 Å². The first-order chi connectivity index (χ1) is 16.1. The zero-order valence-corrected chi connectivity index (χ0v) is 18.7. The van der Waals surface area contributed by atoms with Gasteiger partial charge in [-0.25, -0.2) is 9.37 Å². The number of anilines is 1. The summed E-state index contributed by atoms with van der Waals surface area (Å²) in [5, 5.41) is 17.2. The number of pyridine rings is 1. The molecule has 0 unspecified atom stereocenters. The molecule has 0 fully saturated rings. The Bertz CT molecular complexity index is 1240. The Hall–Kier alpha value is -3.80. The van der Waals surface area contributed by atoms with Crippen LogP contribution in [0.5, 0.6) is 0 Å². The Morgan fingerprint density at radius 1 is 1.06 bits per heavy atom. The lowest BCUT2D eigenvalue weighted by Crippen LogP contribution is -2.06. The van der Waals surface area contributed by atoms with Crippen molar-refractivity contribution in [3.63, 3.8) is 0 Å². The molecule has 0 bridgehead atoms. The summed E-state index contributed by atoms with van der Waals surface area (Å²) in [5.74, 6) is -1.11. The maximum absolute atomic E-state index is 13.3. The van der Waals surface area contributed by atoms with Gasteiger partial charge in [0.05, 0.1) is 22.5 Å².